The third-order valence-electron chi connectivity index (χ3n) is 3.79. The van der Waals surface area contributed by atoms with Crippen LogP contribution in [-0.2, 0) is 16.6 Å². The summed E-state index contributed by atoms with van der Waals surface area (Å²) in [5.41, 5.74) is -0.287. The van der Waals surface area contributed by atoms with Crippen molar-refractivity contribution >= 4 is 40.3 Å². The van der Waals surface area contributed by atoms with Crippen molar-refractivity contribution in [1.29, 1.82) is 0 Å². The zero-order valence-corrected chi connectivity index (χ0v) is 16.2. The molecule has 0 aliphatic carbocycles. The Labute approximate surface area is 158 Å². The molecule has 27 heavy (non-hydrogen) atoms. The lowest BCUT2D eigenvalue weighted by Gasteiger charge is -2.26. The third kappa shape index (κ3) is 3.58. The van der Waals surface area contributed by atoms with Gasteiger partial charge in [-0.2, -0.15) is 31.7 Å². The van der Waals surface area contributed by atoms with Gasteiger partial charge in [0.25, 0.3) is 0 Å². The molecule has 1 atom stereocenters. The Morgan fingerprint density at radius 3 is 2.37 bits per heavy atom. The quantitative estimate of drug-likeness (QED) is 0.671. The minimum Gasteiger partial charge on any atom is -0.289 e. The van der Waals surface area contributed by atoms with Crippen LogP contribution in [0.4, 0.5) is 18.0 Å². The summed E-state index contributed by atoms with van der Waals surface area (Å²) in [7, 11) is -4.74. The van der Waals surface area contributed by atoms with Gasteiger partial charge in [0.05, 0.1) is 5.69 Å². The number of aliphatic imine (C=N–C) groups is 1. The molecule has 1 aromatic rings. The van der Waals surface area contributed by atoms with E-state index < -0.39 is 42.8 Å². The van der Waals surface area contributed by atoms with Gasteiger partial charge >= 0.3 is 22.2 Å². The minimum absolute atomic E-state index is 0.189. The first-order valence-corrected chi connectivity index (χ1v) is 9.54. The number of aromatic nitrogens is 2. The van der Waals surface area contributed by atoms with E-state index in [1.165, 1.54) is 11.8 Å². The fourth-order valence-electron chi connectivity index (χ4n) is 2.52. The van der Waals surface area contributed by atoms with Crippen LogP contribution in [0.1, 0.15) is 19.5 Å². The number of halogens is 4. The van der Waals surface area contributed by atoms with Gasteiger partial charge < -0.3 is 0 Å². The molecule has 1 aliphatic heterocycles. The van der Waals surface area contributed by atoms with Gasteiger partial charge in [-0.1, -0.05) is 11.6 Å². The van der Waals surface area contributed by atoms with E-state index in [4.69, 9.17) is 11.6 Å². The number of urea groups is 1. The fraction of sp³-hybridized carbons (Fsp3) is 0.538. The summed E-state index contributed by atoms with van der Waals surface area (Å²) in [6.45, 7) is 3.26. The second-order valence-electron chi connectivity index (χ2n) is 5.53. The highest BCUT2D eigenvalue weighted by atomic mass is 35.5. The lowest BCUT2D eigenvalue weighted by molar-refractivity contribution is -0.620. The number of carbonyl (C=O) groups is 1. The van der Waals surface area contributed by atoms with Crippen LogP contribution in [-0.4, -0.2) is 65.1 Å². The maximum Gasteiger partial charge on any atom is 0.468 e. The second-order valence-corrected chi connectivity index (χ2v) is 7.80. The van der Waals surface area contributed by atoms with E-state index >= 15 is 0 Å². The van der Waals surface area contributed by atoms with Gasteiger partial charge in [-0.3, -0.25) is 4.90 Å². The highest BCUT2D eigenvalue weighted by molar-refractivity contribution is 7.86. The Hall–Kier alpha value is -1.99. The predicted octanol–water partition coefficient (Wildman–Crippen LogP) is 2.36. The minimum atomic E-state index is -4.74. The van der Waals surface area contributed by atoms with Crippen molar-refractivity contribution in [3.05, 3.63) is 10.8 Å². The second kappa shape index (κ2) is 7.20. The number of alkyl halides is 3. The zero-order valence-electron chi connectivity index (χ0n) is 14.6. The van der Waals surface area contributed by atoms with E-state index in [1.54, 1.807) is 13.8 Å². The summed E-state index contributed by atoms with van der Waals surface area (Å²) in [5, 5.41) is 6.50. The van der Waals surface area contributed by atoms with Crippen molar-refractivity contribution in [1.82, 2.24) is 14.7 Å². The molecule has 0 spiro atoms. The van der Waals surface area contributed by atoms with Crippen molar-refractivity contribution in [2.24, 2.45) is 10.1 Å². The lowest BCUT2D eigenvalue weighted by atomic mass is 10.5. The Kier molecular flexibility index (Phi) is 5.69. The van der Waals surface area contributed by atoms with Gasteiger partial charge in [-0.25, -0.2) is 9.48 Å². The average Bonchev–Trinajstić information content (AvgIpc) is 3.14. The molecule has 2 heterocycles. The van der Waals surface area contributed by atoms with Crippen LogP contribution in [0.15, 0.2) is 15.0 Å². The summed E-state index contributed by atoms with van der Waals surface area (Å²) in [4.78, 5) is 17.0. The van der Waals surface area contributed by atoms with E-state index in [9.17, 15) is 26.4 Å². The third-order valence-corrected chi connectivity index (χ3v) is 6.37. The molecule has 2 amide bonds. The first-order chi connectivity index (χ1) is 12.4. The largest absolute Gasteiger partial charge is 0.468 e. The van der Waals surface area contributed by atoms with E-state index in [2.05, 4.69) is 15.2 Å². The van der Waals surface area contributed by atoms with Crippen LogP contribution in [0.25, 0.3) is 0 Å². The summed E-state index contributed by atoms with van der Waals surface area (Å²) in [6, 6.07) is -0.934. The summed E-state index contributed by atoms with van der Waals surface area (Å²) < 4.78 is 63.3. The topological polar surface area (TPSA) is 97.0 Å². The normalized spacial score (nSPS) is 19.7. The molecule has 0 bridgehead atoms. The van der Waals surface area contributed by atoms with Crippen LogP contribution in [0.3, 0.4) is 0 Å². The number of sulfonamides is 1. The molecule has 1 aliphatic rings. The fourth-order valence-corrected chi connectivity index (χ4v) is 4.73. The Balaban J connectivity index is 2.65. The van der Waals surface area contributed by atoms with E-state index in [-0.39, 0.29) is 18.8 Å². The number of rotatable bonds is 5. The van der Waals surface area contributed by atoms with Crippen molar-refractivity contribution in [3.63, 3.8) is 0 Å². The molecule has 0 radical (unpaired) electrons. The van der Waals surface area contributed by atoms with E-state index in [0.29, 0.717) is 4.68 Å². The molecule has 0 fully saturated rings. The lowest BCUT2D eigenvalue weighted by Crippen LogP contribution is -2.56. The maximum absolute atomic E-state index is 13.3. The number of carbonyl (C=O) groups excluding carboxylic acids is 1. The number of nitrogens with zero attached hydrogens (tertiary/aromatic N) is 6. The summed E-state index contributed by atoms with van der Waals surface area (Å²) >= 11 is 5.90. The molecule has 9 nitrogen and oxygen atoms in total. The molecule has 1 unspecified atom stereocenters. The molecule has 14 heteroatoms. The average molecular weight is 430 g/mol. The molecular weight excluding hydrogens is 413 g/mol. The van der Waals surface area contributed by atoms with Crippen molar-refractivity contribution in [2.75, 3.05) is 13.1 Å². The summed E-state index contributed by atoms with van der Waals surface area (Å²) in [6.07, 6.45) is -3.01. The van der Waals surface area contributed by atoms with Gasteiger partial charge in [0.2, 0.25) is 6.34 Å². The Morgan fingerprint density at radius 2 is 1.93 bits per heavy atom. The Morgan fingerprint density at radius 1 is 1.33 bits per heavy atom. The van der Waals surface area contributed by atoms with Crippen LogP contribution in [0, 0.1) is 6.92 Å². The van der Waals surface area contributed by atoms with Gasteiger partial charge in [0.1, 0.15) is 6.54 Å². The maximum atomic E-state index is 13.3. The molecule has 0 saturated carbocycles. The number of aryl methyl sites for hydroxylation is 1. The SMILES string of the molecule is CCN(CC)C(=O)[N+]1(S(=O)(=O)c2c(C)nn(CC(F)(F)F)c2Cl)C=NC=N1. The van der Waals surface area contributed by atoms with Gasteiger partial charge in [0, 0.05) is 17.1 Å². The van der Waals surface area contributed by atoms with Crippen LogP contribution in [0.5, 0.6) is 0 Å². The number of hydrogen-bond donors (Lipinski definition) is 0. The first kappa shape index (κ1) is 21.3. The number of amides is 2. The van der Waals surface area contributed by atoms with Gasteiger partial charge in [-0.15, -0.1) is 0 Å². The predicted molar refractivity (Wildman–Crippen MR) is 90.8 cm³/mol. The van der Waals surface area contributed by atoms with Crippen LogP contribution in [0.2, 0.25) is 5.15 Å². The molecule has 0 N–H and O–H groups in total. The van der Waals surface area contributed by atoms with Crippen molar-refractivity contribution in [3.8, 4) is 0 Å². The monoisotopic (exact) mass is 429 g/mol. The molecular formula is C13H17ClF3N6O3S+. The van der Waals surface area contributed by atoms with E-state index in [0.717, 1.165) is 12.7 Å². The van der Waals surface area contributed by atoms with Crippen LogP contribution >= 0.6 is 11.6 Å². The first-order valence-electron chi connectivity index (χ1n) is 7.72. The zero-order chi connectivity index (χ0) is 20.6. The standard InChI is InChI=1S/C13H17ClF3N6O3S/c1-4-21(5-2)12(24)23(8-18-7-19-23)27(25,26)10-9(3)20-22(11(10)14)6-13(15,16)17/h7-8H,4-6H2,1-3H3/q+1. The molecule has 0 saturated heterocycles. The summed E-state index contributed by atoms with van der Waals surface area (Å²) in [5.74, 6) is 0. The highest BCUT2D eigenvalue weighted by Crippen LogP contribution is 2.35. The highest BCUT2D eigenvalue weighted by Gasteiger charge is 2.57. The smallest absolute Gasteiger partial charge is 0.289 e. The molecule has 0 aromatic carbocycles. The molecule has 1 aromatic heterocycles. The molecule has 150 valence electrons. The van der Waals surface area contributed by atoms with E-state index in [1.807, 2.05) is 0 Å². The van der Waals surface area contributed by atoms with Gasteiger partial charge in [0.15, 0.2) is 16.4 Å². The van der Waals surface area contributed by atoms with Crippen LogP contribution < -0.4 is 0 Å². The van der Waals surface area contributed by atoms with Crippen molar-refractivity contribution in [2.45, 2.75) is 38.4 Å². The van der Waals surface area contributed by atoms with Gasteiger partial charge in [-0.05, 0) is 25.9 Å². The number of quaternary nitrogens is 1. The van der Waals surface area contributed by atoms with Crippen molar-refractivity contribution < 1.29 is 30.4 Å². The number of hydrogen-bond acceptors (Lipinski definition) is 6. The molecule has 2 rings (SSSR count). The Bertz CT molecular complexity index is 893.